The fourth-order valence-corrected chi connectivity index (χ4v) is 0.963. The van der Waals surface area contributed by atoms with Crippen molar-refractivity contribution in [1.82, 2.24) is 5.32 Å². The number of carboxylic acid groups (broad SMARTS) is 1. The molecule has 0 aliphatic carbocycles. The van der Waals surface area contributed by atoms with Crippen LogP contribution in [0, 0.1) is 0 Å². The summed E-state index contributed by atoms with van der Waals surface area (Å²) in [5, 5.41) is 10.6. The zero-order valence-electron chi connectivity index (χ0n) is 8.41. The first-order valence-corrected chi connectivity index (χ1v) is 4.75. The van der Waals surface area contributed by atoms with Gasteiger partial charge in [-0.05, 0) is 0 Å². The van der Waals surface area contributed by atoms with Crippen molar-refractivity contribution in [3.05, 3.63) is 0 Å². The largest absolute Gasteiger partial charge is 0.480 e. The van der Waals surface area contributed by atoms with Gasteiger partial charge in [-0.2, -0.15) is 0 Å². The molecule has 16 heavy (non-hydrogen) atoms. The number of rotatable bonds is 6. The number of carboxylic acids is 1. The Morgan fingerprint density at radius 3 is 2.44 bits per heavy atom. The predicted molar refractivity (Wildman–Crippen MR) is 51.8 cm³/mol. The molecule has 1 amide bonds. The molecule has 0 rings (SSSR count). The summed E-state index contributed by atoms with van der Waals surface area (Å²) >= 11 is 5.14. The summed E-state index contributed by atoms with van der Waals surface area (Å²) in [6.07, 6.45) is -2.81. The first kappa shape index (κ1) is 14.6. The van der Waals surface area contributed by atoms with E-state index in [1.54, 1.807) is 0 Å². The van der Waals surface area contributed by atoms with Gasteiger partial charge in [-0.25, -0.2) is 14.0 Å². The van der Waals surface area contributed by atoms with Crippen LogP contribution < -0.4 is 5.32 Å². The monoisotopic (exact) mass is 255 g/mol. The summed E-state index contributed by atoms with van der Waals surface area (Å²) in [6.45, 7) is 0. The molecule has 0 bridgehead atoms. The number of carbonyl (C=O) groups is 3. The summed E-state index contributed by atoms with van der Waals surface area (Å²) < 4.78 is 17.1. The highest BCUT2D eigenvalue weighted by molar-refractivity contribution is 6.27. The normalized spacial score (nSPS) is 13.7. The lowest BCUT2D eigenvalue weighted by molar-refractivity contribution is -0.148. The van der Waals surface area contributed by atoms with E-state index in [4.69, 9.17) is 16.7 Å². The SMILES string of the molecule is COC(=O)[C@H](F)C[C@H](NC(=O)CCl)C(=O)O. The molecule has 0 heterocycles. The van der Waals surface area contributed by atoms with Gasteiger partial charge in [0.05, 0.1) is 7.11 Å². The number of nitrogens with one attached hydrogen (secondary N) is 1. The Bertz CT molecular complexity index is 286. The van der Waals surface area contributed by atoms with Gasteiger partial charge in [-0.3, -0.25) is 4.79 Å². The molecular weight excluding hydrogens is 245 g/mol. The van der Waals surface area contributed by atoms with Crippen LogP contribution in [-0.4, -0.2) is 48.2 Å². The molecule has 2 N–H and O–H groups in total. The Labute approximate surface area is 95.7 Å². The number of amides is 1. The second-order valence-electron chi connectivity index (χ2n) is 2.82. The standard InChI is InChI=1S/C8H11ClFNO5/c1-16-8(15)4(10)2-5(7(13)14)11-6(12)3-9/h4-5H,2-3H2,1H3,(H,11,12)(H,13,14)/t4-,5+/m1/s1. The fraction of sp³-hybridized carbons (Fsp3) is 0.625. The first-order valence-electron chi connectivity index (χ1n) is 4.22. The molecule has 0 saturated heterocycles. The van der Waals surface area contributed by atoms with E-state index in [9.17, 15) is 18.8 Å². The van der Waals surface area contributed by atoms with E-state index < -0.39 is 42.4 Å². The highest BCUT2D eigenvalue weighted by atomic mass is 35.5. The number of methoxy groups -OCH3 is 1. The molecule has 92 valence electrons. The lowest BCUT2D eigenvalue weighted by Gasteiger charge is -2.14. The minimum absolute atomic E-state index is 0.445. The molecule has 0 aromatic heterocycles. The van der Waals surface area contributed by atoms with Crippen molar-refractivity contribution in [3.8, 4) is 0 Å². The van der Waals surface area contributed by atoms with Crippen molar-refractivity contribution in [1.29, 1.82) is 0 Å². The second kappa shape index (κ2) is 7.00. The van der Waals surface area contributed by atoms with Gasteiger partial charge in [-0.1, -0.05) is 0 Å². The minimum atomic E-state index is -2.11. The van der Waals surface area contributed by atoms with E-state index in [0.717, 1.165) is 7.11 Å². The van der Waals surface area contributed by atoms with Crippen molar-refractivity contribution in [2.24, 2.45) is 0 Å². The number of ether oxygens (including phenoxy) is 1. The maximum Gasteiger partial charge on any atom is 0.340 e. The van der Waals surface area contributed by atoms with Gasteiger partial charge in [0, 0.05) is 6.42 Å². The summed E-state index contributed by atoms with van der Waals surface area (Å²) in [4.78, 5) is 32.1. The molecule has 6 nitrogen and oxygen atoms in total. The Balaban J connectivity index is 4.39. The van der Waals surface area contributed by atoms with Gasteiger partial charge < -0.3 is 15.2 Å². The average molecular weight is 256 g/mol. The van der Waals surface area contributed by atoms with Crippen LogP contribution in [0.5, 0.6) is 0 Å². The van der Waals surface area contributed by atoms with Gasteiger partial charge >= 0.3 is 11.9 Å². The molecule has 0 saturated carbocycles. The number of hydrogen-bond acceptors (Lipinski definition) is 4. The number of carbonyl (C=O) groups excluding carboxylic acids is 2. The van der Waals surface area contributed by atoms with Crippen LogP contribution in [0.15, 0.2) is 0 Å². The number of alkyl halides is 2. The predicted octanol–water partition coefficient (Wildman–Crippen LogP) is -0.304. The Hall–Kier alpha value is -1.37. The van der Waals surface area contributed by atoms with E-state index in [1.807, 2.05) is 5.32 Å². The van der Waals surface area contributed by atoms with E-state index >= 15 is 0 Å². The van der Waals surface area contributed by atoms with Crippen LogP contribution in [0.2, 0.25) is 0 Å². The smallest absolute Gasteiger partial charge is 0.340 e. The molecular formula is C8H11ClFNO5. The van der Waals surface area contributed by atoms with Crippen molar-refractivity contribution in [3.63, 3.8) is 0 Å². The molecule has 0 radical (unpaired) electrons. The van der Waals surface area contributed by atoms with E-state index in [0.29, 0.717) is 0 Å². The molecule has 2 atom stereocenters. The Morgan fingerprint density at radius 1 is 1.50 bits per heavy atom. The second-order valence-corrected chi connectivity index (χ2v) is 3.09. The molecule has 0 aliphatic rings. The summed E-state index contributed by atoms with van der Waals surface area (Å²) in [5.74, 6) is -3.85. The molecule has 0 unspecified atom stereocenters. The number of halogens is 2. The van der Waals surface area contributed by atoms with Crippen LogP contribution in [0.3, 0.4) is 0 Å². The summed E-state index contributed by atoms with van der Waals surface area (Å²) in [7, 11) is 0.974. The zero-order chi connectivity index (χ0) is 12.7. The highest BCUT2D eigenvalue weighted by Gasteiger charge is 2.28. The first-order chi connectivity index (χ1) is 7.42. The number of esters is 1. The van der Waals surface area contributed by atoms with Gasteiger partial charge in [-0.15, -0.1) is 11.6 Å². The van der Waals surface area contributed by atoms with Gasteiger partial charge in [0.2, 0.25) is 5.91 Å². The third-order valence-electron chi connectivity index (χ3n) is 1.65. The minimum Gasteiger partial charge on any atom is -0.480 e. The Morgan fingerprint density at radius 2 is 2.06 bits per heavy atom. The van der Waals surface area contributed by atoms with Gasteiger partial charge in [0.25, 0.3) is 0 Å². The van der Waals surface area contributed by atoms with Crippen LogP contribution in [0.25, 0.3) is 0 Å². The summed E-state index contributed by atoms with van der Waals surface area (Å²) in [6, 6.07) is -1.51. The van der Waals surface area contributed by atoms with E-state index in [-0.39, 0.29) is 0 Å². The average Bonchev–Trinajstić information content (AvgIpc) is 2.26. The molecule has 0 aliphatic heterocycles. The lowest BCUT2D eigenvalue weighted by Crippen LogP contribution is -2.44. The third kappa shape index (κ3) is 4.92. The molecule has 0 fully saturated rings. The molecule has 0 spiro atoms. The maximum absolute atomic E-state index is 13.0. The van der Waals surface area contributed by atoms with Crippen molar-refractivity contribution in [2.75, 3.05) is 13.0 Å². The quantitative estimate of drug-likeness (QED) is 0.502. The highest BCUT2D eigenvalue weighted by Crippen LogP contribution is 2.05. The molecule has 0 aromatic carbocycles. The van der Waals surface area contributed by atoms with Crippen molar-refractivity contribution < 1.29 is 28.6 Å². The van der Waals surface area contributed by atoms with E-state index in [1.165, 1.54) is 0 Å². The van der Waals surface area contributed by atoms with Gasteiger partial charge in [0.1, 0.15) is 11.9 Å². The summed E-state index contributed by atoms with van der Waals surface area (Å²) in [5.41, 5.74) is 0. The van der Waals surface area contributed by atoms with Crippen molar-refractivity contribution >= 4 is 29.4 Å². The van der Waals surface area contributed by atoms with Crippen LogP contribution in [-0.2, 0) is 19.1 Å². The van der Waals surface area contributed by atoms with Crippen LogP contribution in [0.1, 0.15) is 6.42 Å². The number of aliphatic carboxylic acids is 1. The lowest BCUT2D eigenvalue weighted by atomic mass is 10.1. The molecule has 0 aromatic rings. The van der Waals surface area contributed by atoms with Crippen molar-refractivity contribution in [2.45, 2.75) is 18.6 Å². The van der Waals surface area contributed by atoms with E-state index in [2.05, 4.69) is 4.74 Å². The topological polar surface area (TPSA) is 92.7 Å². The maximum atomic E-state index is 13.0. The third-order valence-corrected chi connectivity index (χ3v) is 1.90. The fourth-order valence-electron chi connectivity index (χ4n) is 0.885. The number of hydrogen-bond donors (Lipinski definition) is 2. The van der Waals surface area contributed by atoms with Gasteiger partial charge in [0.15, 0.2) is 6.17 Å². The Kier molecular flexibility index (Phi) is 6.40. The molecule has 8 heteroatoms. The van der Waals surface area contributed by atoms with Crippen LogP contribution >= 0.6 is 11.6 Å². The van der Waals surface area contributed by atoms with Crippen LogP contribution in [0.4, 0.5) is 4.39 Å². The zero-order valence-corrected chi connectivity index (χ0v) is 9.16.